The van der Waals surface area contributed by atoms with Gasteiger partial charge in [-0.25, -0.2) is 0 Å². The fourth-order valence-electron chi connectivity index (χ4n) is 4.63. The van der Waals surface area contributed by atoms with Crippen molar-refractivity contribution >= 4 is 20.3 Å². The van der Waals surface area contributed by atoms with E-state index in [4.69, 9.17) is 4.43 Å². The van der Waals surface area contributed by atoms with Gasteiger partial charge in [0, 0.05) is 12.5 Å². The van der Waals surface area contributed by atoms with E-state index in [1.807, 2.05) is 36.4 Å². The molecule has 2 rings (SSSR count). The SMILES string of the molecule is CC(C)[Si](OC1=CC(NC(=O)/C=C/c2ccccc2)CCC1)(C(C)C)C(C)C. The number of benzene rings is 1. The zero-order chi connectivity index (χ0) is 20.7. The predicted molar refractivity (Wildman–Crippen MR) is 121 cm³/mol. The fourth-order valence-corrected chi connectivity index (χ4v) is 9.97. The topological polar surface area (TPSA) is 38.3 Å². The molecule has 1 N–H and O–H groups in total. The summed E-state index contributed by atoms with van der Waals surface area (Å²) in [4.78, 5) is 12.3. The summed E-state index contributed by atoms with van der Waals surface area (Å²) in [6, 6.07) is 9.95. The molecule has 0 bridgehead atoms. The molecular formula is C24H37NO2Si. The van der Waals surface area contributed by atoms with Crippen LogP contribution in [0.15, 0.2) is 48.2 Å². The van der Waals surface area contributed by atoms with Crippen LogP contribution in [0.1, 0.15) is 66.4 Å². The number of carbonyl (C=O) groups is 1. The van der Waals surface area contributed by atoms with Crippen molar-refractivity contribution in [2.75, 3.05) is 0 Å². The predicted octanol–water partition coefficient (Wildman–Crippen LogP) is 6.44. The van der Waals surface area contributed by atoms with Crippen LogP contribution in [0.4, 0.5) is 0 Å². The Hall–Kier alpha value is -1.81. The van der Waals surface area contributed by atoms with E-state index in [1.54, 1.807) is 6.08 Å². The van der Waals surface area contributed by atoms with Crippen molar-refractivity contribution < 1.29 is 9.22 Å². The van der Waals surface area contributed by atoms with Crippen LogP contribution >= 0.6 is 0 Å². The number of hydrogen-bond donors (Lipinski definition) is 1. The lowest BCUT2D eigenvalue weighted by Gasteiger charge is -2.43. The molecule has 1 aromatic carbocycles. The standard InChI is InChI=1S/C24H37NO2Si/c1-18(2)28(19(3)4,20(5)6)27-23-14-10-13-22(17-23)25-24(26)16-15-21-11-8-7-9-12-21/h7-9,11-12,15-20,22H,10,13-14H2,1-6H3,(H,25,26)/b16-15+. The maximum atomic E-state index is 12.3. The van der Waals surface area contributed by atoms with Crippen LogP contribution in [0.5, 0.6) is 0 Å². The Morgan fingerprint density at radius 1 is 1.07 bits per heavy atom. The first-order valence-corrected chi connectivity index (χ1v) is 12.8. The second-order valence-electron chi connectivity index (χ2n) is 8.80. The quantitative estimate of drug-likeness (QED) is 0.403. The molecule has 0 saturated carbocycles. The van der Waals surface area contributed by atoms with Crippen LogP contribution < -0.4 is 5.32 Å². The Balaban J connectivity index is 2.07. The molecule has 4 heteroatoms. The lowest BCUT2D eigenvalue weighted by atomic mass is 10.0. The summed E-state index contributed by atoms with van der Waals surface area (Å²) in [5, 5.41) is 3.13. The van der Waals surface area contributed by atoms with E-state index in [0.717, 1.165) is 30.6 Å². The highest BCUT2D eigenvalue weighted by Gasteiger charge is 2.47. The summed E-state index contributed by atoms with van der Waals surface area (Å²) in [7, 11) is -1.94. The summed E-state index contributed by atoms with van der Waals surface area (Å²) in [6.07, 6.45) is 8.64. The highest BCUT2D eigenvalue weighted by Crippen LogP contribution is 2.44. The third-order valence-corrected chi connectivity index (χ3v) is 11.9. The Morgan fingerprint density at radius 2 is 1.68 bits per heavy atom. The molecule has 0 spiro atoms. The van der Waals surface area contributed by atoms with Gasteiger partial charge in [-0.2, -0.15) is 0 Å². The maximum absolute atomic E-state index is 12.3. The van der Waals surface area contributed by atoms with Crippen molar-refractivity contribution in [2.45, 2.75) is 83.5 Å². The molecule has 0 aromatic heterocycles. The summed E-state index contributed by atoms with van der Waals surface area (Å²) < 4.78 is 6.84. The van der Waals surface area contributed by atoms with E-state index < -0.39 is 8.32 Å². The van der Waals surface area contributed by atoms with Gasteiger partial charge in [-0.3, -0.25) is 4.79 Å². The van der Waals surface area contributed by atoms with Crippen LogP contribution in [0, 0.1) is 0 Å². The van der Waals surface area contributed by atoms with Crippen molar-refractivity contribution in [1.29, 1.82) is 0 Å². The van der Waals surface area contributed by atoms with Crippen molar-refractivity contribution in [3.63, 3.8) is 0 Å². The first kappa shape index (κ1) is 22.5. The highest BCUT2D eigenvalue weighted by molar-refractivity contribution is 6.77. The molecule has 1 aliphatic carbocycles. The largest absolute Gasteiger partial charge is 0.546 e. The van der Waals surface area contributed by atoms with Crippen LogP contribution in [-0.2, 0) is 9.22 Å². The van der Waals surface area contributed by atoms with Crippen LogP contribution in [0.3, 0.4) is 0 Å². The summed E-state index contributed by atoms with van der Waals surface area (Å²) in [5.41, 5.74) is 2.69. The summed E-state index contributed by atoms with van der Waals surface area (Å²) >= 11 is 0. The van der Waals surface area contributed by atoms with E-state index in [1.165, 1.54) is 0 Å². The van der Waals surface area contributed by atoms with Crippen LogP contribution in [-0.4, -0.2) is 20.3 Å². The van der Waals surface area contributed by atoms with Gasteiger partial charge in [-0.15, -0.1) is 0 Å². The van der Waals surface area contributed by atoms with Gasteiger partial charge < -0.3 is 9.74 Å². The van der Waals surface area contributed by atoms with E-state index in [2.05, 4.69) is 52.9 Å². The highest BCUT2D eigenvalue weighted by atomic mass is 28.4. The molecule has 1 amide bonds. The minimum Gasteiger partial charge on any atom is -0.546 e. The van der Waals surface area contributed by atoms with Gasteiger partial charge in [0.25, 0.3) is 8.32 Å². The number of nitrogens with one attached hydrogen (secondary N) is 1. The van der Waals surface area contributed by atoms with Gasteiger partial charge in [0.1, 0.15) is 0 Å². The van der Waals surface area contributed by atoms with Gasteiger partial charge in [0.05, 0.1) is 11.8 Å². The molecule has 1 aromatic rings. The van der Waals surface area contributed by atoms with E-state index >= 15 is 0 Å². The number of carbonyl (C=O) groups excluding carboxylic acids is 1. The monoisotopic (exact) mass is 399 g/mol. The molecule has 1 aliphatic rings. The molecule has 3 nitrogen and oxygen atoms in total. The first-order valence-electron chi connectivity index (χ1n) is 10.7. The van der Waals surface area contributed by atoms with Crippen molar-refractivity contribution in [3.05, 3.63) is 53.8 Å². The molecule has 154 valence electrons. The number of allylic oxidation sites excluding steroid dienone is 1. The zero-order valence-corrected chi connectivity index (χ0v) is 19.4. The smallest absolute Gasteiger partial charge is 0.258 e. The zero-order valence-electron chi connectivity index (χ0n) is 18.4. The average molecular weight is 400 g/mol. The second-order valence-corrected chi connectivity index (χ2v) is 14.2. The van der Waals surface area contributed by atoms with Crippen LogP contribution in [0.25, 0.3) is 6.08 Å². The third kappa shape index (κ3) is 5.60. The fraction of sp³-hybridized carbons (Fsp3) is 0.542. The normalized spacial score (nSPS) is 18.0. The Morgan fingerprint density at radius 3 is 2.25 bits per heavy atom. The molecule has 28 heavy (non-hydrogen) atoms. The molecule has 0 heterocycles. The third-order valence-electron chi connectivity index (χ3n) is 5.89. The lowest BCUT2D eigenvalue weighted by molar-refractivity contribution is -0.116. The number of hydrogen-bond acceptors (Lipinski definition) is 2. The lowest BCUT2D eigenvalue weighted by Crippen LogP contribution is -2.48. The molecule has 0 aliphatic heterocycles. The van der Waals surface area contributed by atoms with Gasteiger partial charge >= 0.3 is 0 Å². The molecule has 0 fully saturated rings. The van der Waals surface area contributed by atoms with Gasteiger partial charge in [-0.1, -0.05) is 71.9 Å². The summed E-state index contributed by atoms with van der Waals surface area (Å²) in [6.45, 7) is 13.9. The maximum Gasteiger partial charge on any atom is 0.258 e. The minimum absolute atomic E-state index is 0.0496. The van der Waals surface area contributed by atoms with Crippen molar-refractivity contribution in [3.8, 4) is 0 Å². The van der Waals surface area contributed by atoms with Crippen LogP contribution in [0.2, 0.25) is 16.6 Å². The number of amides is 1. The molecule has 0 radical (unpaired) electrons. The first-order chi connectivity index (χ1) is 13.3. The van der Waals surface area contributed by atoms with E-state index in [-0.39, 0.29) is 11.9 Å². The molecule has 1 atom stereocenters. The minimum atomic E-state index is -1.94. The van der Waals surface area contributed by atoms with E-state index in [0.29, 0.717) is 16.6 Å². The van der Waals surface area contributed by atoms with Crippen molar-refractivity contribution in [2.24, 2.45) is 0 Å². The van der Waals surface area contributed by atoms with E-state index in [9.17, 15) is 4.79 Å². The molecule has 0 saturated heterocycles. The molecule has 1 unspecified atom stereocenters. The Kier molecular flexibility index (Phi) is 8.11. The average Bonchev–Trinajstić information content (AvgIpc) is 2.64. The summed E-state index contributed by atoms with van der Waals surface area (Å²) in [5.74, 6) is 1.04. The van der Waals surface area contributed by atoms with Gasteiger partial charge in [0.2, 0.25) is 5.91 Å². The van der Waals surface area contributed by atoms with Crippen molar-refractivity contribution in [1.82, 2.24) is 5.32 Å². The van der Waals surface area contributed by atoms with Gasteiger partial charge in [-0.05, 0) is 47.2 Å². The Labute approximate surface area is 172 Å². The second kappa shape index (κ2) is 10.1. The van der Waals surface area contributed by atoms with Gasteiger partial charge in [0.15, 0.2) is 0 Å². The number of rotatable bonds is 8. The molecular weight excluding hydrogens is 362 g/mol. The Bertz CT molecular complexity index is 670.